The summed E-state index contributed by atoms with van der Waals surface area (Å²) in [6.07, 6.45) is 1.60. The van der Waals surface area contributed by atoms with Gasteiger partial charge in [-0.2, -0.15) is 5.10 Å². The maximum absolute atomic E-state index is 12.6. The highest BCUT2D eigenvalue weighted by Gasteiger charge is 2.21. The number of amides is 1. The van der Waals surface area contributed by atoms with Gasteiger partial charge in [-0.15, -0.1) is 11.3 Å². The molecule has 0 aliphatic carbocycles. The first-order valence-electron chi connectivity index (χ1n) is 7.53. The molecule has 1 amide bonds. The van der Waals surface area contributed by atoms with Crippen LogP contribution in [-0.2, 0) is 0 Å². The van der Waals surface area contributed by atoms with Gasteiger partial charge in [0.15, 0.2) is 5.13 Å². The Morgan fingerprint density at radius 1 is 1.29 bits per heavy atom. The summed E-state index contributed by atoms with van der Waals surface area (Å²) >= 11 is 7.36. The predicted molar refractivity (Wildman–Crippen MR) is 97.5 cm³/mol. The third-order valence-electron chi connectivity index (χ3n) is 3.51. The second-order valence-electron chi connectivity index (χ2n) is 5.73. The molecule has 7 heteroatoms. The summed E-state index contributed by atoms with van der Waals surface area (Å²) in [5.74, 6) is -0.0739. The topological polar surface area (TPSA) is 59.8 Å². The molecule has 3 rings (SSSR count). The van der Waals surface area contributed by atoms with Crippen molar-refractivity contribution < 1.29 is 4.79 Å². The number of carbonyl (C=O) groups is 1. The zero-order chi connectivity index (χ0) is 17.3. The minimum atomic E-state index is -0.201. The van der Waals surface area contributed by atoms with E-state index in [-0.39, 0.29) is 11.8 Å². The van der Waals surface area contributed by atoms with Crippen molar-refractivity contribution in [1.29, 1.82) is 0 Å². The van der Waals surface area contributed by atoms with Crippen molar-refractivity contribution in [2.45, 2.75) is 26.7 Å². The van der Waals surface area contributed by atoms with Gasteiger partial charge in [0.1, 0.15) is 0 Å². The van der Waals surface area contributed by atoms with Crippen LogP contribution in [0.4, 0.5) is 5.13 Å². The molecular weight excluding hydrogens is 344 g/mol. The third-order valence-corrected chi connectivity index (χ3v) is 4.64. The summed E-state index contributed by atoms with van der Waals surface area (Å²) in [5, 5.41) is 10.4. The van der Waals surface area contributed by atoms with Crippen LogP contribution in [0, 0.1) is 6.92 Å². The molecule has 0 unspecified atom stereocenters. The Morgan fingerprint density at radius 3 is 2.58 bits per heavy atom. The molecule has 1 aromatic carbocycles. The van der Waals surface area contributed by atoms with E-state index in [2.05, 4.69) is 15.4 Å². The zero-order valence-electron chi connectivity index (χ0n) is 13.6. The maximum Gasteiger partial charge on any atom is 0.260 e. The molecule has 0 saturated heterocycles. The highest BCUT2D eigenvalue weighted by molar-refractivity contribution is 7.13. The fraction of sp³-hybridized carbons (Fsp3) is 0.235. The summed E-state index contributed by atoms with van der Waals surface area (Å²) in [6.45, 7) is 5.96. The van der Waals surface area contributed by atoms with E-state index in [1.54, 1.807) is 23.0 Å². The van der Waals surface area contributed by atoms with Crippen LogP contribution in [0.25, 0.3) is 5.69 Å². The van der Waals surface area contributed by atoms with Gasteiger partial charge in [0.2, 0.25) is 0 Å². The van der Waals surface area contributed by atoms with Crippen molar-refractivity contribution in [2.75, 3.05) is 5.32 Å². The SMILES string of the molecule is Cc1csc(NC(=O)c2cnn(-c3ccc(Cl)cc3)c2C(C)C)n1. The second kappa shape index (κ2) is 6.75. The molecule has 2 heterocycles. The van der Waals surface area contributed by atoms with Crippen molar-refractivity contribution in [3.8, 4) is 5.69 Å². The van der Waals surface area contributed by atoms with Crippen LogP contribution >= 0.6 is 22.9 Å². The normalized spacial score (nSPS) is 11.0. The van der Waals surface area contributed by atoms with Gasteiger partial charge in [-0.3, -0.25) is 10.1 Å². The van der Waals surface area contributed by atoms with Gasteiger partial charge in [0.05, 0.1) is 28.8 Å². The van der Waals surface area contributed by atoms with Gasteiger partial charge < -0.3 is 0 Å². The van der Waals surface area contributed by atoms with E-state index in [1.807, 2.05) is 38.3 Å². The Hall–Kier alpha value is -2.18. The molecular formula is C17H17ClN4OS. The number of rotatable bonds is 4. The molecule has 2 aromatic heterocycles. The molecule has 24 heavy (non-hydrogen) atoms. The van der Waals surface area contributed by atoms with E-state index in [0.29, 0.717) is 15.7 Å². The average Bonchev–Trinajstić information content (AvgIpc) is 3.14. The van der Waals surface area contributed by atoms with Crippen molar-refractivity contribution in [3.05, 3.63) is 57.8 Å². The van der Waals surface area contributed by atoms with Gasteiger partial charge in [-0.1, -0.05) is 25.4 Å². The number of carbonyl (C=O) groups excluding carboxylic acids is 1. The number of halogens is 1. The maximum atomic E-state index is 12.6. The fourth-order valence-corrected chi connectivity index (χ4v) is 3.26. The largest absolute Gasteiger partial charge is 0.298 e. The Morgan fingerprint density at radius 2 is 2.00 bits per heavy atom. The Bertz CT molecular complexity index is 867. The van der Waals surface area contributed by atoms with Crippen LogP contribution in [0.2, 0.25) is 5.02 Å². The van der Waals surface area contributed by atoms with Crippen LogP contribution in [-0.4, -0.2) is 20.7 Å². The van der Waals surface area contributed by atoms with Crippen molar-refractivity contribution >= 4 is 34.0 Å². The zero-order valence-corrected chi connectivity index (χ0v) is 15.1. The van der Waals surface area contributed by atoms with E-state index >= 15 is 0 Å². The van der Waals surface area contributed by atoms with Crippen LogP contribution in [0.3, 0.4) is 0 Å². The number of anilines is 1. The molecule has 3 aromatic rings. The van der Waals surface area contributed by atoms with Gasteiger partial charge >= 0.3 is 0 Å². The Balaban J connectivity index is 1.96. The predicted octanol–water partition coefficient (Wildman–Crippen LogP) is 4.67. The second-order valence-corrected chi connectivity index (χ2v) is 7.03. The third kappa shape index (κ3) is 3.34. The number of aromatic nitrogens is 3. The number of thiazole rings is 1. The highest BCUT2D eigenvalue weighted by Crippen LogP contribution is 2.25. The quantitative estimate of drug-likeness (QED) is 0.735. The van der Waals surface area contributed by atoms with E-state index in [4.69, 9.17) is 11.6 Å². The molecule has 0 fully saturated rings. The number of nitrogens with zero attached hydrogens (tertiary/aromatic N) is 3. The van der Waals surface area contributed by atoms with Crippen molar-refractivity contribution in [2.24, 2.45) is 0 Å². The van der Waals surface area contributed by atoms with Gasteiger partial charge in [-0.25, -0.2) is 9.67 Å². The number of benzene rings is 1. The molecule has 1 N–H and O–H groups in total. The molecule has 0 aliphatic rings. The lowest BCUT2D eigenvalue weighted by atomic mass is 10.1. The Kier molecular flexibility index (Phi) is 4.69. The first-order valence-corrected chi connectivity index (χ1v) is 8.79. The van der Waals surface area contributed by atoms with Crippen LogP contribution in [0.1, 0.15) is 41.5 Å². The number of nitrogens with one attached hydrogen (secondary N) is 1. The number of hydrogen-bond donors (Lipinski definition) is 1. The molecule has 0 bridgehead atoms. The van der Waals surface area contributed by atoms with Crippen LogP contribution in [0.15, 0.2) is 35.8 Å². The molecule has 0 saturated carbocycles. The van der Waals surface area contributed by atoms with E-state index in [9.17, 15) is 4.79 Å². The van der Waals surface area contributed by atoms with Crippen molar-refractivity contribution in [3.63, 3.8) is 0 Å². The summed E-state index contributed by atoms with van der Waals surface area (Å²) in [6, 6.07) is 7.38. The van der Waals surface area contributed by atoms with Crippen LogP contribution in [0.5, 0.6) is 0 Å². The lowest BCUT2D eigenvalue weighted by Crippen LogP contribution is -2.15. The first-order chi connectivity index (χ1) is 11.5. The monoisotopic (exact) mass is 360 g/mol. The molecule has 0 aliphatic heterocycles. The smallest absolute Gasteiger partial charge is 0.260 e. The van der Waals surface area contributed by atoms with Gasteiger partial charge in [0, 0.05) is 10.4 Å². The molecule has 0 atom stereocenters. The summed E-state index contributed by atoms with van der Waals surface area (Å²) < 4.78 is 1.78. The van der Waals surface area contributed by atoms with E-state index in [1.165, 1.54) is 11.3 Å². The lowest BCUT2D eigenvalue weighted by molar-refractivity contribution is 0.102. The minimum absolute atomic E-state index is 0.127. The van der Waals surface area contributed by atoms with Crippen LogP contribution < -0.4 is 5.32 Å². The average molecular weight is 361 g/mol. The molecule has 5 nitrogen and oxygen atoms in total. The minimum Gasteiger partial charge on any atom is -0.298 e. The first kappa shape index (κ1) is 16.7. The lowest BCUT2D eigenvalue weighted by Gasteiger charge is -2.12. The number of hydrogen-bond acceptors (Lipinski definition) is 4. The van der Waals surface area contributed by atoms with E-state index in [0.717, 1.165) is 17.1 Å². The molecule has 124 valence electrons. The standard InChI is InChI=1S/C17H17ClN4OS/c1-10(2)15-14(16(23)21-17-20-11(3)9-24-17)8-19-22(15)13-6-4-12(18)5-7-13/h4-10H,1-3H3,(H,20,21,23). The fourth-order valence-electron chi connectivity index (χ4n) is 2.45. The number of aryl methyl sites for hydroxylation is 1. The van der Waals surface area contributed by atoms with E-state index < -0.39 is 0 Å². The Labute approximate surface area is 149 Å². The van der Waals surface area contributed by atoms with Gasteiger partial charge in [-0.05, 0) is 37.1 Å². The highest BCUT2D eigenvalue weighted by atomic mass is 35.5. The molecule has 0 radical (unpaired) electrons. The molecule has 0 spiro atoms. The summed E-state index contributed by atoms with van der Waals surface area (Å²) in [5.41, 5.74) is 3.15. The van der Waals surface area contributed by atoms with Crippen molar-refractivity contribution in [1.82, 2.24) is 14.8 Å². The summed E-state index contributed by atoms with van der Waals surface area (Å²) in [4.78, 5) is 16.9. The van der Waals surface area contributed by atoms with Gasteiger partial charge in [0.25, 0.3) is 5.91 Å². The summed E-state index contributed by atoms with van der Waals surface area (Å²) in [7, 11) is 0.